The third-order valence-electron chi connectivity index (χ3n) is 3.73. The summed E-state index contributed by atoms with van der Waals surface area (Å²) in [6.07, 6.45) is 5.20. The minimum Gasteiger partial charge on any atom is -0.329 e. The summed E-state index contributed by atoms with van der Waals surface area (Å²) in [7, 11) is 2.23. The summed E-state index contributed by atoms with van der Waals surface area (Å²) in [4.78, 5) is 2.49. The zero-order valence-electron chi connectivity index (χ0n) is 9.34. The van der Waals surface area contributed by atoms with Crippen molar-refractivity contribution < 1.29 is 0 Å². The van der Waals surface area contributed by atoms with Crippen LogP contribution in [0.4, 0.5) is 0 Å². The van der Waals surface area contributed by atoms with Gasteiger partial charge < -0.3 is 5.73 Å². The molecule has 0 radical (unpaired) electrons. The molecule has 1 saturated carbocycles. The lowest BCUT2D eigenvalue weighted by molar-refractivity contribution is 0.110. The van der Waals surface area contributed by atoms with E-state index in [0.29, 0.717) is 0 Å². The minimum atomic E-state index is 0.266. The van der Waals surface area contributed by atoms with Crippen molar-refractivity contribution in [2.45, 2.75) is 45.1 Å². The maximum absolute atomic E-state index is 5.88. The van der Waals surface area contributed by atoms with Crippen LogP contribution in [0.1, 0.15) is 39.5 Å². The normalized spacial score (nSPS) is 18.2. The fourth-order valence-corrected chi connectivity index (χ4v) is 2.12. The summed E-state index contributed by atoms with van der Waals surface area (Å²) in [6, 6.07) is 0. The van der Waals surface area contributed by atoms with E-state index < -0.39 is 0 Å². The van der Waals surface area contributed by atoms with Gasteiger partial charge in [0, 0.05) is 18.6 Å². The van der Waals surface area contributed by atoms with Crippen LogP contribution in [0.5, 0.6) is 0 Å². The van der Waals surface area contributed by atoms with Gasteiger partial charge in [0.2, 0.25) is 0 Å². The van der Waals surface area contributed by atoms with Crippen LogP contribution in [0, 0.1) is 5.92 Å². The van der Waals surface area contributed by atoms with E-state index in [2.05, 4.69) is 25.8 Å². The molecule has 78 valence electrons. The molecule has 0 atom stereocenters. The van der Waals surface area contributed by atoms with Gasteiger partial charge in [-0.1, -0.05) is 13.8 Å². The van der Waals surface area contributed by atoms with Gasteiger partial charge in [0.05, 0.1) is 0 Å². The second-order valence-electron chi connectivity index (χ2n) is 4.46. The zero-order valence-corrected chi connectivity index (χ0v) is 9.34. The first-order valence-corrected chi connectivity index (χ1v) is 5.59. The van der Waals surface area contributed by atoms with Gasteiger partial charge in [-0.05, 0) is 38.6 Å². The lowest BCUT2D eigenvalue weighted by Gasteiger charge is -2.40. The molecule has 13 heavy (non-hydrogen) atoms. The molecular weight excluding hydrogens is 160 g/mol. The molecule has 2 N–H and O–H groups in total. The molecule has 2 nitrogen and oxygen atoms in total. The van der Waals surface area contributed by atoms with Crippen LogP contribution in [0.25, 0.3) is 0 Å². The standard InChI is InChI=1S/C11H24N2/c1-4-11(5-2,9-12)13(3)8-10-6-7-10/h10H,4-9,12H2,1-3H3. The molecule has 0 spiro atoms. The highest BCUT2D eigenvalue weighted by atomic mass is 15.2. The van der Waals surface area contributed by atoms with E-state index in [-0.39, 0.29) is 5.54 Å². The van der Waals surface area contributed by atoms with Crippen molar-refractivity contribution in [2.24, 2.45) is 11.7 Å². The Morgan fingerprint density at radius 3 is 2.15 bits per heavy atom. The molecule has 0 aliphatic heterocycles. The largest absolute Gasteiger partial charge is 0.329 e. The van der Waals surface area contributed by atoms with Gasteiger partial charge in [0.15, 0.2) is 0 Å². The second kappa shape index (κ2) is 4.43. The van der Waals surface area contributed by atoms with E-state index in [9.17, 15) is 0 Å². The number of rotatable bonds is 6. The van der Waals surface area contributed by atoms with Crippen LogP contribution < -0.4 is 5.73 Å². The van der Waals surface area contributed by atoms with E-state index in [0.717, 1.165) is 12.5 Å². The molecule has 0 amide bonds. The highest BCUT2D eigenvalue weighted by Gasteiger charge is 2.33. The maximum Gasteiger partial charge on any atom is 0.0323 e. The number of likely N-dealkylation sites (N-methyl/N-ethyl adjacent to an activating group) is 1. The molecule has 0 aromatic rings. The molecule has 0 saturated heterocycles. The van der Waals surface area contributed by atoms with Crippen molar-refractivity contribution in [2.75, 3.05) is 20.1 Å². The van der Waals surface area contributed by atoms with Crippen molar-refractivity contribution in [1.29, 1.82) is 0 Å². The number of hydrogen-bond acceptors (Lipinski definition) is 2. The van der Waals surface area contributed by atoms with Gasteiger partial charge >= 0.3 is 0 Å². The molecule has 1 aliphatic rings. The van der Waals surface area contributed by atoms with Gasteiger partial charge in [0.25, 0.3) is 0 Å². The first-order chi connectivity index (χ1) is 6.18. The van der Waals surface area contributed by atoms with Gasteiger partial charge in [-0.2, -0.15) is 0 Å². The molecule has 0 bridgehead atoms. The van der Waals surface area contributed by atoms with Crippen LogP contribution in [-0.2, 0) is 0 Å². The Balaban J connectivity index is 2.49. The summed E-state index contributed by atoms with van der Waals surface area (Å²) < 4.78 is 0. The topological polar surface area (TPSA) is 29.3 Å². The first kappa shape index (κ1) is 11.0. The monoisotopic (exact) mass is 184 g/mol. The molecule has 0 aromatic carbocycles. The lowest BCUT2D eigenvalue weighted by Crippen LogP contribution is -2.51. The summed E-state index contributed by atoms with van der Waals surface area (Å²) >= 11 is 0. The smallest absolute Gasteiger partial charge is 0.0323 e. The van der Waals surface area contributed by atoms with E-state index in [1.54, 1.807) is 0 Å². The van der Waals surface area contributed by atoms with E-state index in [1.165, 1.54) is 32.2 Å². The molecule has 1 aliphatic carbocycles. The van der Waals surface area contributed by atoms with E-state index in [4.69, 9.17) is 5.73 Å². The SMILES string of the molecule is CCC(CC)(CN)N(C)CC1CC1. The minimum absolute atomic E-state index is 0.266. The third-order valence-corrected chi connectivity index (χ3v) is 3.73. The van der Waals surface area contributed by atoms with Gasteiger partial charge in [-0.3, -0.25) is 4.90 Å². The Labute approximate surface area is 82.5 Å². The fourth-order valence-electron chi connectivity index (χ4n) is 2.12. The van der Waals surface area contributed by atoms with Crippen molar-refractivity contribution in [1.82, 2.24) is 4.90 Å². The predicted molar refractivity (Wildman–Crippen MR) is 57.7 cm³/mol. The average molecular weight is 184 g/mol. The van der Waals surface area contributed by atoms with E-state index in [1.807, 2.05) is 0 Å². The average Bonchev–Trinajstić information content (AvgIpc) is 2.92. The maximum atomic E-state index is 5.88. The van der Waals surface area contributed by atoms with Crippen molar-refractivity contribution in [3.8, 4) is 0 Å². The number of nitrogens with zero attached hydrogens (tertiary/aromatic N) is 1. The molecule has 1 fully saturated rings. The van der Waals surface area contributed by atoms with Crippen LogP contribution in [0.2, 0.25) is 0 Å². The summed E-state index contributed by atoms with van der Waals surface area (Å²) in [6.45, 7) is 6.54. The van der Waals surface area contributed by atoms with Crippen LogP contribution in [0.15, 0.2) is 0 Å². The Hall–Kier alpha value is -0.0800. The van der Waals surface area contributed by atoms with Gasteiger partial charge in [-0.15, -0.1) is 0 Å². The molecule has 0 aromatic heterocycles. The third kappa shape index (κ3) is 2.44. The Morgan fingerprint density at radius 2 is 1.85 bits per heavy atom. The van der Waals surface area contributed by atoms with E-state index >= 15 is 0 Å². The molecular formula is C11H24N2. The highest BCUT2D eigenvalue weighted by molar-refractivity contribution is 4.90. The molecule has 0 unspecified atom stereocenters. The summed E-state index contributed by atoms with van der Waals surface area (Å²) in [5.41, 5.74) is 6.15. The van der Waals surface area contributed by atoms with Gasteiger partial charge in [0.1, 0.15) is 0 Å². The summed E-state index contributed by atoms with van der Waals surface area (Å²) in [5.74, 6) is 0.967. The summed E-state index contributed by atoms with van der Waals surface area (Å²) in [5, 5.41) is 0. The first-order valence-electron chi connectivity index (χ1n) is 5.59. The predicted octanol–water partition coefficient (Wildman–Crippen LogP) is 1.85. The van der Waals surface area contributed by atoms with Crippen molar-refractivity contribution in [3.63, 3.8) is 0 Å². The van der Waals surface area contributed by atoms with Crippen molar-refractivity contribution >= 4 is 0 Å². The zero-order chi connectivity index (χ0) is 9.90. The molecule has 0 heterocycles. The Kier molecular flexibility index (Phi) is 3.74. The van der Waals surface area contributed by atoms with Gasteiger partial charge in [-0.25, -0.2) is 0 Å². The van der Waals surface area contributed by atoms with Crippen LogP contribution in [0.3, 0.4) is 0 Å². The molecule has 1 rings (SSSR count). The fraction of sp³-hybridized carbons (Fsp3) is 1.00. The number of nitrogens with two attached hydrogens (primary N) is 1. The highest BCUT2D eigenvalue weighted by Crippen LogP contribution is 2.32. The Morgan fingerprint density at radius 1 is 1.31 bits per heavy atom. The van der Waals surface area contributed by atoms with Crippen molar-refractivity contribution in [3.05, 3.63) is 0 Å². The Bertz CT molecular complexity index is 140. The van der Waals surface area contributed by atoms with Crippen LogP contribution in [-0.4, -0.2) is 30.6 Å². The van der Waals surface area contributed by atoms with Crippen LogP contribution >= 0.6 is 0 Å². The second-order valence-corrected chi connectivity index (χ2v) is 4.46. The quantitative estimate of drug-likeness (QED) is 0.682. The lowest BCUT2D eigenvalue weighted by atomic mass is 9.91. The molecule has 2 heteroatoms. The number of hydrogen-bond donors (Lipinski definition) is 1.